The minimum Gasteiger partial charge on any atom is -0.380 e. The highest BCUT2D eigenvalue weighted by Gasteiger charge is 2.33. The first-order valence-electron chi connectivity index (χ1n) is 6.15. The molecule has 0 spiro atoms. The lowest BCUT2D eigenvalue weighted by Crippen LogP contribution is -2.48. The van der Waals surface area contributed by atoms with Crippen LogP contribution in [0.3, 0.4) is 0 Å². The summed E-state index contributed by atoms with van der Waals surface area (Å²) in [5.41, 5.74) is 1.59. The molecule has 1 aromatic rings. The summed E-state index contributed by atoms with van der Waals surface area (Å²) in [6.07, 6.45) is 3.24. The Kier molecular flexibility index (Phi) is 3.98. The zero-order valence-electron chi connectivity index (χ0n) is 10.8. The topological polar surface area (TPSA) is 62.1 Å². The van der Waals surface area contributed by atoms with Gasteiger partial charge in [-0.15, -0.1) is 0 Å². The fourth-order valence-electron chi connectivity index (χ4n) is 1.75. The van der Waals surface area contributed by atoms with Crippen molar-refractivity contribution in [2.75, 3.05) is 19.8 Å². The quantitative estimate of drug-likeness (QED) is 0.834. The second kappa shape index (κ2) is 5.68. The molecule has 0 saturated carbocycles. The Morgan fingerprint density at radius 1 is 1.47 bits per heavy atom. The maximum Gasteiger partial charge on any atom is 0.244 e. The van der Waals surface area contributed by atoms with Gasteiger partial charge in [-0.05, 0) is 23.8 Å². The number of carbonyl (C=O) groups excluding carboxylic acids is 1. The molecule has 0 aliphatic carbocycles. The zero-order valence-corrected chi connectivity index (χ0v) is 10.8. The molecule has 1 saturated heterocycles. The largest absolute Gasteiger partial charge is 0.380 e. The summed E-state index contributed by atoms with van der Waals surface area (Å²) in [5, 5.41) is 11.5. The van der Waals surface area contributed by atoms with E-state index in [1.54, 1.807) is 18.2 Å². The van der Waals surface area contributed by atoms with Crippen LogP contribution >= 0.6 is 0 Å². The molecule has 2 rings (SSSR count). The van der Waals surface area contributed by atoms with E-state index in [9.17, 15) is 4.79 Å². The predicted molar refractivity (Wildman–Crippen MR) is 72.1 cm³/mol. The molecule has 98 valence electrons. The highest BCUT2D eigenvalue weighted by molar-refractivity contribution is 5.91. The van der Waals surface area contributed by atoms with Gasteiger partial charge >= 0.3 is 0 Å². The third-order valence-electron chi connectivity index (χ3n) is 3.06. The lowest BCUT2D eigenvalue weighted by atomic mass is 9.89. The van der Waals surface area contributed by atoms with E-state index in [-0.39, 0.29) is 11.3 Å². The molecular formula is C15H16N2O2. The molecule has 4 heteroatoms. The maximum atomic E-state index is 11.6. The van der Waals surface area contributed by atoms with Crippen LogP contribution in [0, 0.1) is 16.7 Å². The smallest absolute Gasteiger partial charge is 0.244 e. The first-order valence-corrected chi connectivity index (χ1v) is 6.15. The van der Waals surface area contributed by atoms with Gasteiger partial charge in [0, 0.05) is 18.0 Å². The standard InChI is InChI=1S/C15H16N2O2/c1-15(10-19-11-15)9-17-14(18)7-6-12-2-4-13(8-16)5-3-12/h2-7H,9-11H2,1H3,(H,17,18). The molecule has 0 atom stereocenters. The van der Waals surface area contributed by atoms with Gasteiger partial charge in [-0.1, -0.05) is 19.1 Å². The van der Waals surface area contributed by atoms with Crippen molar-refractivity contribution in [2.45, 2.75) is 6.92 Å². The average Bonchev–Trinajstić information content (AvgIpc) is 2.41. The number of hydrogen-bond acceptors (Lipinski definition) is 3. The highest BCUT2D eigenvalue weighted by Crippen LogP contribution is 2.24. The number of nitrogens with zero attached hydrogens (tertiary/aromatic N) is 1. The van der Waals surface area contributed by atoms with Crippen molar-refractivity contribution >= 4 is 12.0 Å². The van der Waals surface area contributed by atoms with Crippen molar-refractivity contribution < 1.29 is 9.53 Å². The second-order valence-electron chi connectivity index (χ2n) is 5.09. The number of benzene rings is 1. The molecule has 1 fully saturated rings. The molecule has 4 nitrogen and oxygen atoms in total. The lowest BCUT2D eigenvalue weighted by molar-refractivity contribution is -0.122. The third-order valence-corrected chi connectivity index (χ3v) is 3.06. The molecule has 1 aliphatic heterocycles. The third kappa shape index (κ3) is 3.67. The minimum atomic E-state index is -0.113. The molecule has 0 radical (unpaired) electrons. The summed E-state index contributed by atoms with van der Waals surface area (Å²) in [6, 6.07) is 9.12. The van der Waals surface area contributed by atoms with Gasteiger partial charge in [-0.25, -0.2) is 0 Å². The van der Waals surface area contributed by atoms with Crippen LogP contribution in [0.25, 0.3) is 6.08 Å². The van der Waals surface area contributed by atoms with Gasteiger partial charge in [-0.3, -0.25) is 4.79 Å². The van der Waals surface area contributed by atoms with E-state index in [0.717, 1.165) is 5.56 Å². The van der Waals surface area contributed by atoms with Crippen molar-refractivity contribution in [3.63, 3.8) is 0 Å². The average molecular weight is 256 g/mol. The maximum absolute atomic E-state index is 11.6. The first kappa shape index (κ1) is 13.3. The first-order chi connectivity index (χ1) is 9.11. The monoisotopic (exact) mass is 256 g/mol. The molecule has 0 unspecified atom stereocenters. The van der Waals surface area contributed by atoms with Gasteiger partial charge in [0.15, 0.2) is 0 Å². The van der Waals surface area contributed by atoms with Crippen LogP contribution in [0.15, 0.2) is 30.3 Å². The summed E-state index contributed by atoms with van der Waals surface area (Å²) in [4.78, 5) is 11.6. The molecule has 19 heavy (non-hydrogen) atoms. The van der Waals surface area contributed by atoms with E-state index in [1.165, 1.54) is 6.08 Å². The fraction of sp³-hybridized carbons (Fsp3) is 0.333. The Morgan fingerprint density at radius 2 is 2.16 bits per heavy atom. The van der Waals surface area contributed by atoms with E-state index < -0.39 is 0 Å². The predicted octanol–water partition coefficient (Wildman–Crippen LogP) is 1.72. The van der Waals surface area contributed by atoms with Gasteiger partial charge in [0.1, 0.15) is 0 Å². The minimum absolute atomic E-state index is 0.0813. The van der Waals surface area contributed by atoms with Crippen LogP contribution in [0.5, 0.6) is 0 Å². The number of ether oxygens (including phenoxy) is 1. The molecule has 1 N–H and O–H groups in total. The summed E-state index contributed by atoms with van der Waals surface area (Å²) >= 11 is 0. The number of nitrogens with one attached hydrogen (secondary N) is 1. The molecule has 1 aromatic carbocycles. The van der Waals surface area contributed by atoms with Gasteiger partial charge in [-0.2, -0.15) is 5.26 Å². The van der Waals surface area contributed by atoms with Crippen LogP contribution in [-0.2, 0) is 9.53 Å². The molecule has 1 amide bonds. The summed E-state index contributed by atoms with van der Waals surface area (Å²) in [6.45, 7) is 4.11. The second-order valence-corrected chi connectivity index (χ2v) is 5.09. The SMILES string of the molecule is CC1(CNC(=O)C=Cc2ccc(C#N)cc2)COC1. The Hall–Kier alpha value is -2.12. The van der Waals surface area contributed by atoms with E-state index in [1.807, 2.05) is 12.1 Å². The number of hydrogen-bond donors (Lipinski definition) is 1. The highest BCUT2D eigenvalue weighted by atomic mass is 16.5. The number of carbonyl (C=O) groups is 1. The lowest BCUT2D eigenvalue weighted by Gasteiger charge is -2.37. The van der Waals surface area contributed by atoms with Crippen molar-refractivity contribution in [1.82, 2.24) is 5.32 Å². The number of amides is 1. The Bertz CT molecular complexity index is 522. The van der Waals surface area contributed by atoms with Crippen LogP contribution in [0.2, 0.25) is 0 Å². The Morgan fingerprint density at radius 3 is 2.68 bits per heavy atom. The normalized spacial score (nSPS) is 16.6. The van der Waals surface area contributed by atoms with Crippen LogP contribution < -0.4 is 5.32 Å². The van der Waals surface area contributed by atoms with Crippen LogP contribution in [0.1, 0.15) is 18.1 Å². The number of rotatable bonds is 4. The molecule has 1 heterocycles. The van der Waals surface area contributed by atoms with Gasteiger partial charge in [0.2, 0.25) is 5.91 Å². The molecule has 1 aliphatic rings. The molecular weight excluding hydrogens is 240 g/mol. The van der Waals surface area contributed by atoms with Crippen molar-refractivity contribution in [3.8, 4) is 6.07 Å². The van der Waals surface area contributed by atoms with Crippen molar-refractivity contribution in [2.24, 2.45) is 5.41 Å². The van der Waals surface area contributed by atoms with Crippen molar-refractivity contribution in [1.29, 1.82) is 5.26 Å². The molecule has 0 aromatic heterocycles. The van der Waals surface area contributed by atoms with E-state index >= 15 is 0 Å². The Balaban J connectivity index is 1.83. The van der Waals surface area contributed by atoms with E-state index in [2.05, 4.69) is 18.3 Å². The summed E-state index contributed by atoms with van der Waals surface area (Å²) in [5.74, 6) is -0.113. The number of nitriles is 1. The van der Waals surface area contributed by atoms with E-state index in [0.29, 0.717) is 25.3 Å². The zero-order chi connectivity index (χ0) is 13.7. The van der Waals surface area contributed by atoms with Gasteiger partial charge in [0.25, 0.3) is 0 Å². The summed E-state index contributed by atoms with van der Waals surface area (Å²) in [7, 11) is 0. The van der Waals surface area contributed by atoms with Gasteiger partial charge in [0.05, 0.1) is 24.8 Å². The molecule has 0 bridgehead atoms. The van der Waals surface area contributed by atoms with Gasteiger partial charge < -0.3 is 10.1 Å². The van der Waals surface area contributed by atoms with Crippen LogP contribution in [0.4, 0.5) is 0 Å². The fourth-order valence-corrected chi connectivity index (χ4v) is 1.75. The Labute approximate surface area is 112 Å². The summed E-state index contributed by atoms with van der Waals surface area (Å²) < 4.78 is 5.13. The van der Waals surface area contributed by atoms with Crippen molar-refractivity contribution in [3.05, 3.63) is 41.5 Å². The van der Waals surface area contributed by atoms with Crippen LogP contribution in [-0.4, -0.2) is 25.7 Å². The van der Waals surface area contributed by atoms with E-state index in [4.69, 9.17) is 10.00 Å².